The molecule has 29 heavy (non-hydrogen) atoms. The Morgan fingerprint density at radius 1 is 1.21 bits per heavy atom. The molecule has 2 atom stereocenters. The summed E-state index contributed by atoms with van der Waals surface area (Å²) in [5, 5.41) is 10.6. The second-order valence-corrected chi connectivity index (χ2v) is 7.89. The fraction of sp³-hybridized carbons (Fsp3) is 0.458. The van der Waals surface area contributed by atoms with Gasteiger partial charge >= 0.3 is 29.6 Å². The first-order valence-electron chi connectivity index (χ1n) is 10.3. The van der Waals surface area contributed by atoms with Gasteiger partial charge in [0, 0.05) is 23.6 Å². The largest absolute Gasteiger partial charge is 1.00 e. The molecule has 1 aliphatic heterocycles. The molecule has 5 heteroatoms. The SMILES string of the molecule is CC(C)N1C2=CCCC=C2[C@H](c2ccc(F)cc2)[C@H]1/C=C/CCCCC(=O)[O-].[Na+]. The van der Waals surface area contributed by atoms with Gasteiger partial charge in [0.25, 0.3) is 0 Å². The van der Waals surface area contributed by atoms with Gasteiger partial charge in [-0.2, -0.15) is 0 Å². The maximum Gasteiger partial charge on any atom is 1.00 e. The van der Waals surface area contributed by atoms with Crippen molar-refractivity contribution in [2.45, 2.75) is 70.4 Å². The summed E-state index contributed by atoms with van der Waals surface area (Å²) in [4.78, 5) is 13.0. The van der Waals surface area contributed by atoms with Crippen LogP contribution in [0.15, 0.2) is 59.8 Å². The number of aliphatic carboxylic acids is 1. The molecule has 0 N–H and O–H groups in total. The molecule has 0 radical (unpaired) electrons. The zero-order valence-corrected chi connectivity index (χ0v) is 19.7. The number of halogens is 1. The monoisotopic (exact) mass is 405 g/mol. The van der Waals surface area contributed by atoms with E-state index in [1.54, 1.807) is 12.1 Å². The minimum atomic E-state index is -0.981. The molecule has 1 heterocycles. The Morgan fingerprint density at radius 3 is 2.55 bits per heavy atom. The quantitative estimate of drug-likeness (QED) is 0.374. The smallest absolute Gasteiger partial charge is 0.550 e. The van der Waals surface area contributed by atoms with Crippen LogP contribution in [0, 0.1) is 5.82 Å². The van der Waals surface area contributed by atoms with Gasteiger partial charge in [-0.25, -0.2) is 4.39 Å². The van der Waals surface area contributed by atoms with Gasteiger partial charge in [-0.3, -0.25) is 0 Å². The number of carboxylic acids is 1. The molecule has 0 aromatic heterocycles. The molecule has 0 bridgehead atoms. The summed E-state index contributed by atoms with van der Waals surface area (Å²) in [7, 11) is 0. The number of hydrogen-bond donors (Lipinski definition) is 0. The Balaban J connectivity index is 0.00000300. The maximum absolute atomic E-state index is 13.5. The van der Waals surface area contributed by atoms with Crippen LogP contribution in [0.5, 0.6) is 0 Å². The molecule has 1 saturated heterocycles. The first kappa shape index (κ1) is 23.9. The molecule has 3 rings (SSSR count). The molecular formula is C24H29FNNaO2. The van der Waals surface area contributed by atoms with E-state index >= 15 is 0 Å². The van der Waals surface area contributed by atoms with Crippen LogP contribution in [0.1, 0.15) is 63.9 Å². The van der Waals surface area contributed by atoms with Crippen LogP contribution < -0.4 is 34.7 Å². The summed E-state index contributed by atoms with van der Waals surface area (Å²) in [5.41, 5.74) is 3.79. The van der Waals surface area contributed by atoms with Gasteiger partial charge in [0.15, 0.2) is 0 Å². The van der Waals surface area contributed by atoms with E-state index in [9.17, 15) is 14.3 Å². The second-order valence-electron chi connectivity index (χ2n) is 7.89. The number of allylic oxidation sites excluding steroid dienone is 4. The van der Waals surface area contributed by atoms with Gasteiger partial charge < -0.3 is 14.8 Å². The Hall–Kier alpha value is -1.36. The summed E-state index contributed by atoms with van der Waals surface area (Å²) < 4.78 is 13.5. The topological polar surface area (TPSA) is 43.4 Å². The van der Waals surface area contributed by atoms with Crippen molar-refractivity contribution in [2.75, 3.05) is 0 Å². The number of nitrogens with zero attached hydrogens (tertiary/aromatic N) is 1. The minimum Gasteiger partial charge on any atom is -0.550 e. The number of unbranched alkanes of at least 4 members (excludes halogenated alkanes) is 2. The standard InChI is InChI=1S/C24H30FNO2.Na/c1-17(2)26-21-10-8-7-9-20(21)24(18-13-15-19(25)16-14-18)22(26)11-5-3-4-6-12-23(27)28;/h5,9-11,13-17,22,24H,3-4,6-8,12H2,1-2H3,(H,27,28);/q;+1/p-1/b11-5+;/t22-,24+;/m1./s1. The van der Waals surface area contributed by atoms with E-state index in [-0.39, 0.29) is 53.8 Å². The summed E-state index contributed by atoms with van der Waals surface area (Å²) in [6, 6.07) is 7.42. The van der Waals surface area contributed by atoms with E-state index in [1.807, 2.05) is 12.1 Å². The number of likely N-dealkylation sites (tertiary alicyclic amines) is 1. The average Bonchev–Trinajstić information content (AvgIpc) is 2.99. The number of fused-ring (bicyclic) bond motifs is 1. The Bertz CT molecular complexity index is 783. The molecule has 1 fully saturated rings. The fourth-order valence-corrected chi connectivity index (χ4v) is 4.37. The molecule has 1 aromatic rings. The third kappa shape index (κ3) is 5.84. The van der Waals surface area contributed by atoms with E-state index in [0.29, 0.717) is 12.5 Å². The van der Waals surface area contributed by atoms with Crippen molar-refractivity contribution < 1.29 is 43.8 Å². The zero-order chi connectivity index (χ0) is 20.1. The van der Waals surface area contributed by atoms with Gasteiger partial charge in [-0.15, -0.1) is 0 Å². The van der Waals surface area contributed by atoms with Gasteiger partial charge in [0.2, 0.25) is 0 Å². The van der Waals surface area contributed by atoms with Gasteiger partial charge in [-0.1, -0.05) is 36.4 Å². The second kappa shape index (κ2) is 11.1. The normalized spacial score (nSPS) is 21.0. The van der Waals surface area contributed by atoms with Crippen LogP contribution in [0.2, 0.25) is 0 Å². The number of hydrogen-bond acceptors (Lipinski definition) is 3. The van der Waals surface area contributed by atoms with Crippen molar-refractivity contribution in [3.05, 3.63) is 71.2 Å². The van der Waals surface area contributed by atoms with Crippen LogP contribution in [0.25, 0.3) is 0 Å². The van der Waals surface area contributed by atoms with Gasteiger partial charge in [0.1, 0.15) is 5.82 Å². The Morgan fingerprint density at radius 2 is 1.90 bits per heavy atom. The molecule has 0 saturated carbocycles. The summed E-state index contributed by atoms with van der Waals surface area (Å²) in [6.45, 7) is 4.42. The molecule has 1 aliphatic carbocycles. The predicted molar refractivity (Wildman–Crippen MR) is 108 cm³/mol. The van der Waals surface area contributed by atoms with Gasteiger partial charge in [0.05, 0.1) is 6.04 Å². The first-order valence-corrected chi connectivity index (χ1v) is 10.3. The van der Waals surface area contributed by atoms with Crippen LogP contribution >= 0.6 is 0 Å². The number of carbonyl (C=O) groups excluding carboxylic acids is 1. The van der Waals surface area contributed by atoms with Crippen molar-refractivity contribution in [2.24, 2.45) is 0 Å². The summed E-state index contributed by atoms with van der Waals surface area (Å²) >= 11 is 0. The summed E-state index contributed by atoms with van der Waals surface area (Å²) in [6.07, 6.45) is 13.6. The van der Waals surface area contributed by atoms with Crippen molar-refractivity contribution in [3.8, 4) is 0 Å². The zero-order valence-electron chi connectivity index (χ0n) is 17.7. The average molecular weight is 405 g/mol. The van der Waals surface area contributed by atoms with E-state index < -0.39 is 5.97 Å². The van der Waals surface area contributed by atoms with Crippen molar-refractivity contribution in [1.82, 2.24) is 4.90 Å². The fourth-order valence-electron chi connectivity index (χ4n) is 4.37. The van der Waals surface area contributed by atoms with E-state index in [0.717, 1.165) is 31.2 Å². The van der Waals surface area contributed by atoms with Gasteiger partial charge in [-0.05, 0) is 75.6 Å². The molecular weight excluding hydrogens is 376 g/mol. The van der Waals surface area contributed by atoms with Crippen LogP contribution in [-0.4, -0.2) is 23.0 Å². The predicted octanol–water partition coefficient (Wildman–Crippen LogP) is 1.48. The molecule has 3 nitrogen and oxygen atoms in total. The molecule has 0 spiro atoms. The van der Waals surface area contributed by atoms with E-state index in [2.05, 4.69) is 43.1 Å². The molecule has 0 amide bonds. The Kier molecular flexibility index (Phi) is 9.19. The Labute approximate surface area is 195 Å². The minimum absolute atomic E-state index is 0. The first-order chi connectivity index (χ1) is 13.5. The number of carbonyl (C=O) groups is 1. The molecule has 2 aliphatic rings. The van der Waals surface area contributed by atoms with Crippen LogP contribution in [-0.2, 0) is 4.79 Å². The molecule has 0 unspecified atom stereocenters. The van der Waals surface area contributed by atoms with E-state index in [1.165, 1.54) is 11.3 Å². The number of rotatable bonds is 8. The van der Waals surface area contributed by atoms with Crippen molar-refractivity contribution in [3.63, 3.8) is 0 Å². The third-order valence-corrected chi connectivity index (χ3v) is 5.56. The molecule has 150 valence electrons. The summed E-state index contributed by atoms with van der Waals surface area (Å²) in [5.74, 6) is -1.00. The number of benzene rings is 1. The molecule has 1 aromatic carbocycles. The van der Waals surface area contributed by atoms with Crippen molar-refractivity contribution in [1.29, 1.82) is 0 Å². The van der Waals surface area contributed by atoms with Crippen LogP contribution in [0.3, 0.4) is 0 Å². The van der Waals surface area contributed by atoms with Crippen molar-refractivity contribution >= 4 is 5.97 Å². The third-order valence-electron chi connectivity index (χ3n) is 5.56. The number of carboxylic acid groups (broad SMARTS) is 1. The maximum atomic E-state index is 13.5. The van der Waals surface area contributed by atoms with E-state index in [4.69, 9.17) is 0 Å². The van der Waals surface area contributed by atoms with Crippen LogP contribution in [0.4, 0.5) is 4.39 Å².